The summed E-state index contributed by atoms with van der Waals surface area (Å²) >= 11 is 0. The van der Waals surface area contributed by atoms with Gasteiger partial charge in [-0.2, -0.15) is 0 Å². The zero-order chi connectivity index (χ0) is 9.14. The van der Waals surface area contributed by atoms with Crippen LogP contribution in [-0.2, 0) is 0 Å². The van der Waals surface area contributed by atoms with Crippen molar-refractivity contribution >= 4 is 18.1 Å². The monoisotopic (exact) mass is 200 g/mol. The van der Waals surface area contributed by atoms with Gasteiger partial charge in [0.25, 0.3) is 0 Å². The second-order valence-electron chi connectivity index (χ2n) is 3.37. The zero-order valence-corrected chi connectivity index (χ0v) is 9.11. The van der Waals surface area contributed by atoms with Crippen LogP contribution in [0.3, 0.4) is 0 Å². The molecule has 0 saturated heterocycles. The first-order valence-corrected chi connectivity index (χ1v) is 4.22. The van der Waals surface area contributed by atoms with Crippen LogP contribution < -0.4 is 11.3 Å². The van der Waals surface area contributed by atoms with Gasteiger partial charge in [-0.05, 0) is 30.0 Å². The molecule has 74 valence electrons. The maximum atomic E-state index is 5.37. The summed E-state index contributed by atoms with van der Waals surface area (Å²) in [6.45, 7) is 6.38. The van der Waals surface area contributed by atoms with Crippen molar-refractivity contribution in [2.45, 2.75) is 26.7 Å². The molecular formula is C10H17ClN2. The lowest BCUT2D eigenvalue weighted by Gasteiger charge is -2.10. The minimum atomic E-state index is 0. The van der Waals surface area contributed by atoms with Crippen LogP contribution in [0.15, 0.2) is 18.2 Å². The molecule has 0 heterocycles. The third-order valence-electron chi connectivity index (χ3n) is 2.08. The van der Waals surface area contributed by atoms with Gasteiger partial charge in [-0.1, -0.05) is 26.0 Å². The lowest BCUT2D eigenvalue weighted by molar-refractivity contribution is 0.866. The second-order valence-corrected chi connectivity index (χ2v) is 3.37. The van der Waals surface area contributed by atoms with Crippen LogP contribution in [-0.4, -0.2) is 0 Å². The lowest BCUT2D eigenvalue weighted by atomic mass is 10.0. The van der Waals surface area contributed by atoms with Gasteiger partial charge < -0.3 is 5.43 Å². The van der Waals surface area contributed by atoms with Gasteiger partial charge in [0.05, 0.1) is 5.69 Å². The highest BCUT2D eigenvalue weighted by atomic mass is 35.5. The molecule has 0 radical (unpaired) electrons. The highest BCUT2D eigenvalue weighted by molar-refractivity contribution is 5.85. The van der Waals surface area contributed by atoms with E-state index in [0.29, 0.717) is 5.92 Å². The maximum absolute atomic E-state index is 5.37. The average Bonchev–Trinajstić information content (AvgIpc) is 2.05. The third-order valence-corrected chi connectivity index (χ3v) is 2.08. The zero-order valence-electron chi connectivity index (χ0n) is 8.29. The molecule has 0 unspecified atom stereocenters. The van der Waals surface area contributed by atoms with Gasteiger partial charge in [0.1, 0.15) is 0 Å². The molecule has 1 aromatic carbocycles. The molecule has 13 heavy (non-hydrogen) atoms. The number of anilines is 1. The van der Waals surface area contributed by atoms with Crippen molar-refractivity contribution in [2.75, 3.05) is 5.43 Å². The van der Waals surface area contributed by atoms with Gasteiger partial charge in [-0.15, -0.1) is 12.4 Å². The SMILES string of the molecule is Cc1ccc(C(C)C)cc1NN.Cl. The number of nitrogens with one attached hydrogen (secondary N) is 1. The Bertz CT molecular complexity index is 272. The molecule has 0 spiro atoms. The number of aryl methyl sites for hydroxylation is 1. The number of hydrazine groups is 1. The van der Waals surface area contributed by atoms with E-state index in [-0.39, 0.29) is 12.4 Å². The normalized spacial score (nSPS) is 9.62. The van der Waals surface area contributed by atoms with E-state index in [9.17, 15) is 0 Å². The van der Waals surface area contributed by atoms with Gasteiger partial charge >= 0.3 is 0 Å². The number of hydrogen-bond acceptors (Lipinski definition) is 2. The number of hydrogen-bond donors (Lipinski definition) is 2. The minimum absolute atomic E-state index is 0. The molecule has 3 N–H and O–H groups in total. The fraction of sp³-hybridized carbons (Fsp3) is 0.400. The second kappa shape index (κ2) is 5.10. The largest absolute Gasteiger partial charge is 0.324 e. The summed E-state index contributed by atoms with van der Waals surface area (Å²) in [4.78, 5) is 0. The highest BCUT2D eigenvalue weighted by Gasteiger charge is 2.01. The Labute approximate surface area is 85.9 Å². The summed E-state index contributed by atoms with van der Waals surface area (Å²) < 4.78 is 0. The first-order chi connectivity index (χ1) is 5.65. The van der Waals surface area contributed by atoms with Crippen molar-refractivity contribution < 1.29 is 0 Å². The van der Waals surface area contributed by atoms with E-state index in [0.717, 1.165) is 5.69 Å². The van der Waals surface area contributed by atoms with E-state index in [1.165, 1.54) is 11.1 Å². The summed E-state index contributed by atoms with van der Waals surface area (Å²) in [5, 5.41) is 0. The third kappa shape index (κ3) is 2.90. The van der Waals surface area contributed by atoms with Crippen LogP contribution in [0.4, 0.5) is 5.69 Å². The van der Waals surface area contributed by atoms with E-state index < -0.39 is 0 Å². The predicted octanol–water partition coefficient (Wildman–Crippen LogP) is 2.83. The van der Waals surface area contributed by atoms with E-state index >= 15 is 0 Å². The Balaban J connectivity index is 0.00000144. The lowest BCUT2D eigenvalue weighted by Crippen LogP contribution is -2.08. The average molecular weight is 201 g/mol. The van der Waals surface area contributed by atoms with Gasteiger partial charge in [-0.25, -0.2) is 0 Å². The Hall–Kier alpha value is -0.730. The molecule has 0 aliphatic rings. The molecule has 0 aliphatic heterocycles. The molecule has 0 aliphatic carbocycles. The fourth-order valence-corrected chi connectivity index (χ4v) is 1.15. The van der Waals surface area contributed by atoms with E-state index in [1.54, 1.807) is 0 Å². The van der Waals surface area contributed by atoms with Gasteiger partial charge in [-0.3, -0.25) is 5.84 Å². The number of nitrogens with two attached hydrogens (primary N) is 1. The molecule has 2 nitrogen and oxygen atoms in total. The fourth-order valence-electron chi connectivity index (χ4n) is 1.15. The van der Waals surface area contributed by atoms with Crippen LogP contribution in [0.2, 0.25) is 0 Å². The van der Waals surface area contributed by atoms with E-state index in [1.807, 2.05) is 6.92 Å². The first kappa shape index (κ1) is 12.3. The van der Waals surface area contributed by atoms with Crippen molar-refractivity contribution in [1.29, 1.82) is 0 Å². The molecule has 0 amide bonds. The van der Waals surface area contributed by atoms with Crippen LogP contribution >= 0.6 is 12.4 Å². The van der Waals surface area contributed by atoms with Crippen molar-refractivity contribution in [3.8, 4) is 0 Å². The molecule has 1 rings (SSSR count). The van der Waals surface area contributed by atoms with Gasteiger partial charge in [0.15, 0.2) is 0 Å². The smallest absolute Gasteiger partial charge is 0.0517 e. The van der Waals surface area contributed by atoms with E-state index in [4.69, 9.17) is 5.84 Å². The summed E-state index contributed by atoms with van der Waals surface area (Å²) in [6.07, 6.45) is 0. The van der Waals surface area contributed by atoms with Crippen molar-refractivity contribution in [2.24, 2.45) is 5.84 Å². The Kier molecular flexibility index (Phi) is 4.81. The number of nitrogen functional groups attached to an aromatic ring is 1. The minimum Gasteiger partial charge on any atom is -0.324 e. The Morgan fingerprint density at radius 1 is 1.31 bits per heavy atom. The standard InChI is InChI=1S/C10H16N2.ClH/c1-7(2)9-5-4-8(3)10(6-9)12-11;/h4-7,12H,11H2,1-3H3;1H. The number of benzene rings is 1. The van der Waals surface area contributed by atoms with Crippen LogP contribution in [0.25, 0.3) is 0 Å². The molecule has 3 heteroatoms. The van der Waals surface area contributed by atoms with Crippen LogP contribution in [0.5, 0.6) is 0 Å². The summed E-state index contributed by atoms with van der Waals surface area (Å²) in [5.74, 6) is 5.92. The number of rotatable bonds is 2. The maximum Gasteiger partial charge on any atom is 0.0517 e. The molecule has 0 aromatic heterocycles. The quantitative estimate of drug-likeness (QED) is 0.569. The van der Waals surface area contributed by atoms with Crippen LogP contribution in [0.1, 0.15) is 30.9 Å². The molecule has 0 atom stereocenters. The molecule has 0 bridgehead atoms. The van der Waals surface area contributed by atoms with Crippen LogP contribution in [0, 0.1) is 6.92 Å². The van der Waals surface area contributed by atoms with Crippen molar-refractivity contribution in [3.63, 3.8) is 0 Å². The van der Waals surface area contributed by atoms with E-state index in [2.05, 4.69) is 37.5 Å². The molecular weight excluding hydrogens is 184 g/mol. The number of halogens is 1. The summed E-state index contributed by atoms with van der Waals surface area (Å²) in [7, 11) is 0. The highest BCUT2D eigenvalue weighted by Crippen LogP contribution is 2.21. The topological polar surface area (TPSA) is 38.0 Å². The van der Waals surface area contributed by atoms with Gasteiger partial charge in [0, 0.05) is 0 Å². The Morgan fingerprint density at radius 2 is 1.92 bits per heavy atom. The van der Waals surface area contributed by atoms with Crippen molar-refractivity contribution in [3.05, 3.63) is 29.3 Å². The molecule has 0 saturated carbocycles. The Morgan fingerprint density at radius 3 is 2.38 bits per heavy atom. The summed E-state index contributed by atoms with van der Waals surface area (Å²) in [5.41, 5.74) is 6.20. The first-order valence-electron chi connectivity index (χ1n) is 4.22. The van der Waals surface area contributed by atoms with Gasteiger partial charge in [0.2, 0.25) is 0 Å². The summed E-state index contributed by atoms with van der Waals surface area (Å²) in [6, 6.07) is 6.32. The van der Waals surface area contributed by atoms with Crippen molar-refractivity contribution in [1.82, 2.24) is 0 Å². The molecule has 1 aromatic rings. The predicted molar refractivity (Wildman–Crippen MR) is 60.3 cm³/mol. The molecule has 0 fully saturated rings.